The van der Waals surface area contributed by atoms with Crippen molar-refractivity contribution in [3.8, 4) is 0 Å². The van der Waals surface area contributed by atoms with Gasteiger partial charge >= 0.3 is 5.97 Å². The number of methoxy groups -OCH3 is 1. The molecule has 0 aliphatic carbocycles. The van der Waals surface area contributed by atoms with E-state index in [-0.39, 0.29) is 6.61 Å². The zero-order chi connectivity index (χ0) is 13.1. The summed E-state index contributed by atoms with van der Waals surface area (Å²) in [4.78, 5) is 20.5. The maximum Gasteiger partial charge on any atom is 0.325 e. The summed E-state index contributed by atoms with van der Waals surface area (Å²) in [5, 5.41) is 11.0. The third-order valence-electron chi connectivity index (χ3n) is 1.95. The monoisotopic (exact) mass is 239 g/mol. The molecule has 2 N–H and O–H groups in total. The summed E-state index contributed by atoms with van der Waals surface area (Å²) < 4.78 is 4.33. The molecule has 0 heterocycles. The topological polar surface area (TPSA) is 75.6 Å². The van der Waals surface area contributed by atoms with Gasteiger partial charge in [-0.15, -0.1) is 0 Å². The van der Waals surface area contributed by atoms with E-state index in [9.17, 15) is 9.59 Å². The molecule has 0 fully saturated rings. The van der Waals surface area contributed by atoms with Crippen molar-refractivity contribution < 1.29 is 19.4 Å². The van der Waals surface area contributed by atoms with E-state index in [0.29, 0.717) is 0 Å². The second-order valence-corrected chi connectivity index (χ2v) is 3.08. The zero-order valence-electron chi connectivity index (χ0n) is 9.92. The summed E-state index contributed by atoms with van der Waals surface area (Å²) in [5.41, 5.74) is 0.729. The number of esters is 1. The van der Waals surface area contributed by atoms with Crippen LogP contribution in [0, 0.1) is 0 Å². The highest BCUT2D eigenvalue weighted by molar-refractivity contribution is 5.75. The van der Waals surface area contributed by atoms with Gasteiger partial charge in [-0.05, 0) is 7.05 Å². The standard InChI is InChI=1S/C7H6O.C5H11NO3/c8-6-7-4-2-1-3-5-7;1-6-4(3-7)5(8)9-2/h1-6H;4,6-7H,3H2,1-2H3/t;4-/m.0/s1. The van der Waals surface area contributed by atoms with Crippen LogP contribution in [0.3, 0.4) is 0 Å². The van der Waals surface area contributed by atoms with Crippen LogP contribution in [-0.4, -0.2) is 44.2 Å². The van der Waals surface area contributed by atoms with Gasteiger partial charge in [-0.2, -0.15) is 0 Å². The largest absolute Gasteiger partial charge is 0.468 e. The van der Waals surface area contributed by atoms with Crippen molar-refractivity contribution >= 4 is 12.3 Å². The molecular formula is C12H17NO4. The molecule has 94 valence electrons. The number of hydrogen-bond donors (Lipinski definition) is 2. The maximum atomic E-state index is 10.5. The van der Waals surface area contributed by atoms with Gasteiger partial charge in [-0.3, -0.25) is 9.59 Å². The van der Waals surface area contributed by atoms with E-state index in [1.54, 1.807) is 19.2 Å². The number of likely N-dealkylation sites (N-methyl/N-ethyl adjacent to an activating group) is 1. The predicted octanol–water partition coefficient (Wildman–Crippen LogP) is 0.239. The third-order valence-corrected chi connectivity index (χ3v) is 1.95. The van der Waals surface area contributed by atoms with E-state index in [1.807, 2.05) is 18.2 Å². The summed E-state index contributed by atoms with van der Waals surface area (Å²) in [6.45, 7) is -0.233. The van der Waals surface area contributed by atoms with E-state index in [0.717, 1.165) is 11.8 Å². The fourth-order valence-electron chi connectivity index (χ4n) is 0.958. The van der Waals surface area contributed by atoms with E-state index in [1.165, 1.54) is 7.11 Å². The normalized spacial score (nSPS) is 10.8. The second kappa shape index (κ2) is 9.50. The Balaban J connectivity index is 0.000000302. The Morgan fingerprint density at radius 1 is 1.47 bits per heavy atom. The lowest BCUT2D eigenvalue weighted by atomic mass is 10.2. The van der Waals surface area contributed by atoms with Crippen molar-refractivity contribution in [1.29, 1.82) is 0 Å². The van der Waals surface area contributed by atoms with Gasteiger partial charge in [-0.1, -0.05) is 30.3 Å². The van der Waals surface area contributed by atoms with E-state index in [2.05, 4.69) is 10.1 Å². The molecule has 1 rings (SSSR count). The van der Waals surface area contributed by atoms with Crippen molar-refractivity contribution in [1.82, 2.24) is 5.32 Å². The van der Waals surface area contributed by atoms with Crippen molar-refractivity contribution in [2.45, 2.75) is 6.04 Å². The highest BCUT2D eigenvalue weighted by atomic mass is 16.5. The first kappa shape index (κ1) is 15.3. The van der Waals surface area contributed by atoms with E-state index >= 15 is 0 Å². The van der Waals surface area contributed by atoms with Crippen LogP contribution >= 0.6 is 0 Å². The van der Waals surface area contributed by atoms with Crippen LogP contribution in [-0.2, 0) is 9.53 Å². The van der Waals surface area contributed by atoms with Crippen LogP contribution in [0.25, 0.3) is 0 Å². The molecule has 0 aliphatic heterocycles. The van der Waals surface area contributed by atoms with E-state index < -0.39 is 12.0 Å². The number of carbonyl (C=O) groups excluding carboxylic acids is 2. The van der Waals surface area contributed by atoms with Crippen LogP contribution < -0.4 is 5.32 Å². The molecular weight excluding hydrogens is 222 g/mol. The van der Waals surface area contributed by atoms with Crippen molar-refractivity contribution in [2.24, 2.45) is 0 Å². The number of carbonyl (C=O) groups is 2. The third kappa shape index (κ3) is 6.44. The van der Waals surface area contributed by atoms with Gasteiger partial charge in [0.15, 0.2) is 0 Å². The fraction of sp³-hybridized carbons (Fsp3) is 0.333. The molecule has 0 saturated carbocycles. The van der Waals surface area contributed by atoms with E-state index in [4.69, 9.17) is 5.11 Å². The number of ether oxygens (including phenoxy) is 1. The van der Waals surface area contributed by atoms with Crippen LogP contribution in [0.1, 0.15) is 10.4 Å². The number of aliphatic hydroxyl groups excluding tert-OH is 1. The predicted molar refractivity (Wildman–Crippen MR) is 63.8 cm³/mol. The minimum Gasteiger partial charge on any atom is -0.468 e. The first-order valence-corrected chi connectivity index (χ1v) is 5.05. The average molecular weight is 239 g/mol. The Labute approximate surface area is 100 Å². The number of rotatable bonds is 4. The summed E-state index contributed by atoms with van der Waals surface area (Å²) >= 11 is 0. The minimum absolute atomic E-state index is 0.233. The summed E-state index contributed by atoms with van der Waals surface area (Å²) in [5.74, 6) is -0.444. The van der Waals surface area contributed by atoms with Gasteiger partial charge in [0.2, 0.25) is 0 Å². The van der Waals surface area contributed by atoms with Gasteiger partial charge in [0, 0.05) is 5.56 Å². The lowest BCUT2D eigenvalue weighted by molar-refractivity contribution is -0.143. The Morgan fingerprint density at radius 2 is 2.06 bits per heavy atom. The first-order valence-electron chi connectivity index (χ1n) is 5.05. The minimum atomic E-state index is -0.588. The van der Waals surface area contributed by atoms with Gasteiger partial charge in [0.25, 0.3) is 0 Å². The van der Waals surface area contributed by atoms with Gasteiger partial charge in [-0.25, -0.2) is 0 Å². The smallest absolute Gasteiger partial charge is 0.325 e. The van der Waals surface area contributed by atoms with Gasteiger partial charge in [0.05, 0.1) is 13.7 Å². The molecule has 0 unspecified atom stereocenters. The molecule has 5 nitrogen and oxygen atoms in total. The molecule has 1 aromatic rings. The van der Waals surface area contributed by atoms with Crippen LogP contribution in [0.15, 0.2) is 30.3 Å². The number of aldehydes is 1. The second-order valence-electron chi connectivity index (χ2n) is 3.08. The Kier molecular flexibility index (Phi) is 8.54. The quantitative estimate of drug-likeness (QED) is 0.581. The summed E-state index contributed by atoms with van der Waals surface area (Å²) in [7, 11) is 2.86. The van der Waals surface area contributed by atoms with Crippen LogP contribution in [0.2, 0.25) is 0 Å². The van der Waals surface area contributed by atoms with Gasteiger partial charge < -0.3 is 15.2 Å². The van der Waals surface area contributed by atoms with Crippen LogP contribution in [0.5, 0.6) is 0 Å². The SMILES string of the molecule is CN[C@@H](CO)C(=O)OC.O=Cc1ccccc1. The molecule has 0 aliphatic rings. The molecule has 1 atom stereocenters. The lowest BCUT2D eigenvalue weighted by Gasteiger charge is -2.08. The summed E-state index contributed by atoms with van der Waals surface area (Å²) in [6.07, 6.45) is 0.833. The molecule has 1 aromatic carbocycles. The molecule has 0 saturated heterocycles. The Hall–Kier alpha value is -1.72. The maximum absolute atomic E-state index is 10.5. The first-order chi connectivity index (χ1) is 8.19. The Morgan fingerprint density at radius 3 is 2.29 bits per heavy atom. The van der Waals surface area contributed by atoms with Crippen molar-refractivity contribution in [3.05, 3.63) is 35.9 Å². The molecule has 0 amide bonds. The van der Waals surface area contributed by atoms with Gasteiger partial charge in [0.1, 0.15) is 12.3 Å². The molecule has 0 spiro atoms. The highest BCUT2D eigenvalue weighted by Crippen LogP contribution is 1.91. The molecule has 0 bridgehead atoms. The lowest BCUT2D eigenvalue weighted by Crippen LogP contribution is -2.37. The summed E-state index contributed by atoms with van der Waals surface area (Å²) in [6, 6.07) is 8.51. The van der Waals surface area contributed by atoms with Crippen LogP contribution in [0.4, 0.5) is 0 Å². The molecule has 0 radical (unpaired) electrons. The highest BCUT2D eigenvalue weighted by Gasteiger charge is 2.13. The molecule has 5 heteroatoms. The Bertz CT molecular complexity index is 323. The number of aliphatic hydroxyl groups is 1. The van der Waals surface area contributed by atoms with Crippen molar-refractivity contribution in [2.75, 3.05) is 20.8 Å². The molecule has 0 aromatic heterocycles. The zero-order valence-corrected chi connectivity index (χ0v) is 9.92. The number of benzene rings is 1. The molecule has 17 heavy (non-hydrogen) atoms. The van der Waals surface area contributed by atoms with Crippen molar-refractivity contribution in [3.63, 3.8) is 0 Å². The fourth-order valence-corrected chi connectivity index (χ4v) is 0.958. The average Bonchev–Trinajstić information content (AvgIpc) is 2.41. The number of hydrogen-bond acceptors (Lipinski definition) is 5. The number of nitrogens with one attached hydrogen (secondary N) is 1.